The number of nitrogens with zero attached hydrogens (tertiary/aromatic N) is 6. The van der Waals surface area contributed by atoms with Crippen molar-refractivity contribution in [2.75, 3.05) is 24.6 Å². The van der Waals surface area contributed by atoms with Gasteiger partial charge in [0, 0.05) is 19.2 Å². The molecule has 0 aromatic carbocycles. The van der Waals surface area contributed by atoms with Crippen molar-refractivity contribution in [1.29, 1.82) is 5.26 Å². The Balaban J connectivity index is 1.31. The maximum absolute atomic E-state index is 8.84. The van der Waals surface area contributed by atoms with Crippen molar-refractivity contribution in [3.8, 4) is 11.9 Å². The van der Waals surface area contributed by atoms with Crippen LogP contribution in [-0.4, -0.2) is 39.3 Å². The van der Waals surface area contributed by atoms with Crippen LogP contribution in [0.4, 0.5) is 5.69 Å². The van der Waals surface area contributed by atoms with E-state index in [9.17, 15) is 0 Å². The lowest BCUT2D eigenvalue weighted by Gasteiger charge is -2.33. The molecule has 0 N–H and O–H groups in total. The van der Waals surface area contributed by atoms with Crippen LogP contribution in [-0.2, 0) is 0 Å². The van der Waals surface area contributed by atoms with Gasteiger partial charge in [-0.1, -0.05) is 0 Å². The van der Waals surface area contributed by atoms with Gasteiger partial charge in [-0.25, -0.2) is 14.5 Å². The maximum Gasteiger partial charge on any atom is 0.231 e. The lowest BCUT2D eigenvalue weighted by Crippen LogP contribution is -2.35. The number of hydrogen-bond donors (Lipinski definition) is 0. The number of hydrogen-bond acceptors (Lipinski definition) is 6. The lowest BCUT2D eigenvalue weighted by atomic mass is 9.97. The van der Waals surface area contributed by atoms with Crippen LogP contribution >= 0.6 is 0 Å². The van der Waals surface area contributed by atoms with Gasteiger partial charge < -0.3 is 9.64 Å². The summed E-state index contributed by atoms with van der Waals surface area (Å²) in [5.41, 5.74) is 3.30. The van der Waals surface area contributed by atoms with Crippen molar-refractivity contribution in [2.45, 2.75) is 19.8 Å². The third kappa shape index (κ3) is 3.45. The summed E-state index contributed by atoms with van der Waals surface area (Å²) in [6.07, 6.45) is 5.80. The number of anilines is 1. The topological polar surface area (TPSA) is 79.3 Å². The first-order valence-corrected chi connectivity index (χ1v) is 8.78. The number of fused-ring (bicyclic) bond motifs is 1. The summed E-state index contributed by atoms with van der Waals surface area (Å²) < 4.78 is 7.66. The van der Waals surface area contributed by atoms with E-state index in [1.165, 1.54) is 0 Å². The van der Waals surface area contributed by atoms with Crippen molar-refractivity contribution in [3.63, 3.8) is 0 Å². The van der Waals surface area contributed by atoms with Crippen molar-refractivity contribution in [3.05, 3.63) is 48.0 Å². The Hall–Kier alpha value is -3.14. The molecule has 3 aromatic rings. The quantitative estimate of drug-likeness (QED) is 0.721. The van der Waals surface area contributed by atoms with E-state index in [1.807, 2.05) is 31.3 Å². The standard InChI is InChI=1S/C19H20N6O/c1-14-12-25-18(22-14)4-5-19(23-25)26-13-15-6-8-24(9-7-15)17-3-2-16(10-20)21-11-17/h2-5,11-12,15H,6-9,13H2,1H3. The predicted octanol–water partition coefficient (Wildman–Crippen LogP) is 2.60. The molecule has 0 amide bonds. The fraction of sp³-hybridized carbons (Fsp3) is 0.368. The van der Waals surface area contributed by atoms with Gasteiger partial charge in [0.15, 0.2) is 5.65 Å². The van der Waals surface area contributed by atoms with E-state index in [-0.39, 0.29) is 0 Å². The number of aromatic nitrogens is 4. The minimum absolute atomic E-state index is 0.453. The van der Waals surface area contributed by atoms with Gasteiger partial charge in [0.25, 0.3) is 0 Å². The van der Waals surface area contributed by atoms with Crippen LogP contribution in [0.3, 0.4) is 0 Å². The molecule has 1 aliphatic rings. The van der Waals surface area contributed by atoms with Crippen molar-refractivity contribution in [2.24, 2.45) is 5.92 Å². The summed E-state index contributed by atoms with van der Waals surface area (Å²) in [6.45, 7) is 4.56. The Kier molecular flexibility index (Phi) is 4.40. The highest BCUT2D eigenvalue weighted by Crippen LogP contribution is 2.23. The zero-order valence-electron chi connectivity index (χ0n) is 14.7. The molecule has 1 fully saturated rings. The van der Waals surface area contributed by atoms with Crippen LogP contribution in [0.5, 0.6) is 5.88 Å². The molecule has 1 aliphatic heterocycles. The zero-order valence-corrected chi connectivity index (χ0v) is 14.7. The Morgan fingerprint density at radius 3 is 2.81 bits per heavy atom. The monoisotopic (exact) mass is 348 g/mol. The van der Waals surface area contributed by atoms with Crippen molar-refractivity contribution >= 4 is 11.3 Å². The number of nitriles is 1. The van der Waals surface area contributed by atoms with E-state index in [1.54, 1.807) is 16.8 Å². The number of pyridine rings is 1. The largest absolute Gasteiger partial charge is 0.476 e. The minimum Gasteiger partial charge on any atom is -0.476 e. The van der Waals surface area contributed by atoms with Crippen molar-refractivity contribution < 1.29 is 4.74 Å². The number of ether oxygens (including phenoxy) is 1. The highest BCUT2D eigenvalue weighted by molar-refractivity contribution is 5.46. The molecule has 4 heterocycles. The van der Waals surface area contributed by atoms with Gasteiger partial charge in [-0.05, 0) is 43.9 Å². The van der Waals surface area contributed by atoms with Gasteiger partial charge in [-0.2, -0.15) is 5.26 Å². The summed E-state index contributed by atoms with van der Waals surface area (Å²) in [5.74, 6) is 1.15. The highest BCUT2D eigenvalue weighted by atomic mass is 16.5. The molecule has 0 spiro atoms. The van der Waals surface area contributed by atoms with Gasteiger partial charge >= 0.3 is 0 Å². The Morgan fingerprint density at radius 2 is 2.08 bits per heavy atom. The average Bonchev–Trinajstić information content (AvgIpc) is 3.06. The predicted molar refractivity (Wildman–Crippen MR) is 97.1 cm³/mol. The van der Waals surface area contributed by atoms with E-state index in [2.05, 4.69) is 26.0 Å². The number of rotatable bonds is 4. The normalized spacial score (nSPS) is 15.2. The molecule has 0 atom stereocenters. The first-order chi connectivity index (χ1) is 12.7. The number of imidazole rings is 1. The maximum atomic E-state index is 8.84. The molecule has 4 rings (SSSR count). The molecule has 0 radical (unpaired) electrons. The summed E-state index contributed by atoms with van der Waals surface area (Å²) in [5, 5.41) is 13.3. The second-order valence-electron chi connectivity index (χ2n) is 6.61. The van der Waals surface area contributed by atoms with Gasteiger partial charge in [0.1, 0.15) is 11.8 Å². The molecular weight excluding hydrogens is 328 g/mol. The molecule has 132 valence electrons. The SMILES string of the molecule is Cc1cn2nc(OCC3CCN(c4ccc(C#N)nc4)CC3)ccc2n1. The first-order valence-electron chi connectivity index (χ1n) is 8.78. The summed E-state index contributed by atoms with van der Waals surface area (Å²) in [7, 11) is 0. The zero-order chi connectivity index (χ0) is 17.9. The molecule has 0 bridgehead atoms. The molecule has 0 unspecified atom stereocenters. The minimum atomic E-state index is 0.453. The number of piperidine rings is 1. The van der Waals surface area contributed by atoms with Gasteiger partial charge in [0.2, 0.25) is 5.88 Å². The fourth-order valence-electron chi connectivity index (χ4n) is 3.26. The molecule has 1 saturated heterocycles. The molecule has 3 aromatic heterocycles. The molecular formula is C19H20N6O. The fourth-order valence-corrected chi connectivity index (χ4v) is 3.26. The number of aryl methyl sites for hydroxylation is 1. The Morgan fingerprint density at radius 1 is 1.23 bits per heavy atom. The van der Waals surface area contributed by atoms with Crippen LogP contribution in [0, 0.1) is 24.2 Å². The third-order valence-electron chi connectivity index (χ3n) is 4.73. The van der Waals surface area contributed by atoms with E-state index >= 15 is 0 Å². The summed E-state index contributed by atoms with van der Waals surface area (Å²) in [4.78, 5) is 10.8. The Bertz CT molecular complexity index is 935. The second kappa shape index (κ2) is 7.00. The van der Waals surface area contributed by atoms with Crippen LogP contribution in [0.15, 0.2) is 36.7 Å². The van der Waals surface area contributed by atoms with E-state index in [4.69, 9.17) is 10.00 Å². The molecule has 7 heteroatoms. The first kappa shape index (κ1) is 16.3. The second-order valence-corrected chi connectivity index (χ2v) is 6.61. The average molecular weight is 348 g/mol. The van der Waals surface area contributed by atoms with E-state index in [0.29, 0.717) is 24.1 Å². The van der Waals surface area contributed by atoms with Crippen LogP contribution in [0.2, 0.25) is 0 Å². The van der Waals surface area contributed by atoms with Gasteiger partial charge in [-0.15, -0.1) is 5.10 Å². The third-order valence-corrected chi connectivity index (χ3v) is 4.73. The van der Waals surface area contributed by atoms with Crippen LogP contribution in [0.25, 0.3) is 5.65 Å². The van der Waals surface area contributed by atoms with Crippen LogP contribution in [0.1, 0.15) is 24.2 Å². The van der Waals surface area contributed by atoms with Crippen molar-refractivity contribution in [1.82, 2.24) is 19.6 Å². The Labute approximate surface area is 151 Å². The van der Waals surface area contributed by atoms with Crippen LogP contribution < -0.4 is 9.64 Å². The van der Waals surface area contributed by atoms with E-state index in [0.717, 1.165) is 43.0 Å². The summed E-state index contributed by atoms with van der Waals surface area (Å²) in [6, 6.07) is 9.59. The highest BCUT2D eigenvalue weighted by Gasteiger charge is 2.20. The smallest absolute Gasteiger partial charge is 0.231 e. The van der Waals surface area contributed by atoms with Gasteiger partial charge in [-0.3, -0.25) is 0 Å². The lowest BCUT2D eigenvalue weighted by molar-refractivity contribution is 0.214. The molecule has 0 aliphatic carbocycles. The molecule has 7 nitrogen and oxygen atoms in total. The molecule has 26 heavy (non-hydrogen) atoms. The van der Waals surface area contributed by atoms with E-state index < -0.39 is 0 Å². The van der Waals surface area contributed by atoms with Gasteiger partial charge in [0.05, 0.1) is 30.4 Å². The molecule has 0 saturated carbocycles. The summed E-state index contributed by atoms with van der Waals surface area (Å²) >= 11 is 0.